The Morgan fingerprint density at radius 3 is 2.30 bits per heavy atom. The lowest BCUT2D eigenvalue weighted by molar-refractivity contribution is -0.119. The second-order valence-electron chi connectivity index (χ2n) is 6.88. The average molecular weight is 428 g/mol. The average Bonchev–Trinajstić information content (AvgIpc) is 3.24. The summed E-state index contributed by atoms with van der Waals surface area (Å²) >= 11 is 6.05. The highest BCUT2D eigenvalue weighted by molar-refractivity contribution is 6.31. The van der Waals surface area contributed by atoms with Gasteiger partial charge in [-0.15, -0.1) is 0 Å². The van der Waals surface area contributed by atoms with E-state index in [-0.39, 0.29) is 17.9 Å². The topological polar surface area (TPSA) is 98.1 Å². The zero-order valence-electron chi connectivity index (χ0n) is 16.8. The third kappa shape index (κ3) is 5.36. The summed E-state index contributed by atoms with van der Waals surface area (Å²) in [6.45, 7) is 5.49. The minimum absolute atomic E-state index is 0.0828. The molecular formula is C21H22ClN5O3. The minimum atomic E-state index is -0.505. The van der Waals surface area contributed by atoms with Gasteiger partial charge in [0, 0.05) is 16.4 Å². The Labute approximate surface area is 179 Å². The van der Waals surface area contributed by atoms with Crippen LogP contribution in [0.5, 0.6) is 5.75 Å². The molecule has 0 bridgehead atoms. The van der Waals surface area contributed by atoms with Crippen molar-refractivity contribution < 1.29 is 14.3 Å². The van der Waals surface area contributed by atoms with Crippen LogP contribution in [0, 0.1) is 0 Å². The normalized spacial score (nSPS) is 11.8. The number of halogens is 1. The van der Waals surface area contributed by atoms with Gasteiger partial charge in [0.2, 0.25) is 5.91 Å². The van der Waals surface area contributed by atoms with Crippen LogP contribution in [-0.2, 0) is 4.79 Å². The van der Waals surface area contributed by atoms with E-state index in [1.807, 2.05) is 13.8 Å². The van der Waals surface area contributed by atoms with Crippen LogP contribution in [0.2, 0.25) is 5.02 Å². The van der Waals surface area contributed by atoms with Crippen molar-refractivity contribution in [3.8, 4) is 5.75 Å². The Hall–Kier alpha value is -3.39. The lowest BCUT2D eigenvalue weighted by Gasteiger charge is -2.15. The quantitative estimate of drug-likeness (QED) is 0.589. The highest BCUT2D eigenvalue weighted by Gasteiger charge is 2.17. The minimum Gasteiger partial charge on any atom is -0.490 e. The van der Waals surface area contributed by atoms with Crippen molar-refractivity contribution in [2.24, 2.45) is 0 Å². The van der Waals surface area contributed by atoms with Crippen LogP contribution in [0.4, 0.5) is 11.4 Å². The number of hydrogen-bond donors (Lipinski definition) is 2. The predicted octanol–water partition coefficient (Wildman–Crippen LogP) is 4.17. The van der Waals surface area contributed by atoms with Crippen LogP contribution in [0.3, 0.4) is 0 Å². The fraction of sp³-hybridized carbons (Fsp3) is 0.238. The second kappa shape index (κ2) is 9.41. The summed E-state index contributed by atoms with van der Waals surface area (Å²) < 4.78 is 7.16. The van der Waals surface area contributed by atoms with Crippen molar-refractivity contribution in [2.75, 3.05) is 10.6 Å². The third-order valence-corrected chi connectivity index (χ3v) is 4.41. The van der Waals surface area contributed by atoms with Gasteiger partial charge in [0.25, 0.3) is 5.91 Å². The van der Waals surface area contributed by atoms with Crippen molar-refractivity contribution in [3.05, 3.63) is 65.7 Å². The Balaban J connectivity index is 1.66. The Morgan fingerprint density at radius 1 is 1.03 bits per heavy atom. The van der Waals surface area contributed by atoms with Crippen molar-refractivity contribution >= 4 is 34.8 Å². The van der Waals surface area contributed by atoms with Crippen LogP contribution in [0.15, 0.2) is 55.1 Å². The maximum atomic E-state index is 12.7. The number of aromatic nitrogens is 3. The van der Waals surface area contributed by atoms with Gasteiger partial charge < -0.3 is 15.4 Å². The highest BCUT2D eigenvalue weighted by Crippen LogP contribution is 2.25. The SMILES string of the molecule is CC(C)Oc1ccc(Cl)cc1C(=O)Nc1ccc(NC(=O)C(C)n2cncn2)cc1. The molecule has 0 spiro atoms. The first kappa shape index (κ1) is 21.3. The fourth-order valence-corrected chi connectivity index (χ4v) is 2.83. The van der Waals surface area contributed by atoms with Crippen LogP contribution in [0.25, 0.3) is 0 Å². The molecule has 30 heavy (non-hydrogen) atoms. The van der Waals surface area contributed by atoms with Gasteiger partial charge in [-0.2, -0.15) is 5.10 Å². The molecule has 9 heteroatoms. The molecule has 0 saturated heterocycles. The molecule has 156 valence electrons. The first-order valence-corrected chi connectivity index (χ1v) is 9.74. The molecule has 0 saturated carbocycles. The van der Waals surface area contributed by atoms with Crippen LogP contribution >= 0.6 is 11.6 Å². The van der Waals surface area contributed by atoms with E-state index in [0.717, 1.165) is 0 Å². The van der Waals surface area contributed by atoms with E-state index in [1.54, 1.807) is 49.4 Å². The van der Waals surface area contributed by atoms with Crippen molar-refractivity contribution in [3.63, 3.8) is 0 Å². The number of amides is 2. The summed E-state index contributed by atoms with van der Waals surface area (Å²) in [6.07, 6.45) is 2.77. The highest BCUT2D eigenvalue weighted by atomic mass is 35.5. The summed E-state index contributed by atoms with van der Waals surface area (Å²) in [5, 5.41) is 10.0. The molecule has 1 aromatic heterocycles. The van der Waals surface area contributed by atoms with E-state index in [2.05, 4.69) is 20.7 Å². The number of carbonyl (C=O) groups excluding carboxylic acids is 2. The van der Waals surface area contributed by atoms with E-state index in [1.165, 1.54) is 17.3 Å². The number of rotatable bonds is 7. The molecule has 3 aromatic rings. The summed E-state index contributed by atoms with van der Waals surface area (Å²) in [6, 6.07) is 11.2. The monoisotopic (exact) mass is 427 g/mol. The lowest BCUT2D eigenvalue weighted by Crippen LogP contribution is -2.24. The van der Waals surface area contributed by atoms with Crippen LogP contribution < -0.4 is 15.4 Å². The summed E-state index contributed by atoms with van der Waals surface area (Å²) in [4.78, 5) is 28.9. The van der Waals surface area contributed by atoms with Crippen molar-refractivity contribution in [1.82, 2.24) is 14.8 Å². The van der Waals surface area contributed by atoms with Gasteiger partial charge in [0.15, 0.2) is 0 Å². The van der Waals surface area contributed by atoms with Gasteiger partial charge in [-0.1, -0.05) is 11.6 Å². The van der Waals surface area contributed by atoms with E-state index in [4.69, 9.17) is 16.3 Å². The molecular weight excluding hydrogens is 406 g/mol. The van der Waals surface area contributed by atoms with Gasteiger partial charge in [-0.25, -0.2) is 9.67 Å². The zero-order chi connectivity index (χ0) is 21.7. The van der Waals surface area contributed by atoms with Gasteiger partial charge >= 0.3 is 0 Å². The zero-order valence-corrected chi connectivity index (χ0v) is 17.6. The number of nitrogens with zero attached hydrogens (tertiary/aromatic N) is 3. The van der Waals surface area contributed by atoms with Crippen LogP contribution in [0.1, 0.15) is 37.2 Å². The predicted molar refractivity (Wildman–Crippen MR) is 115 cm³/mol. The molecule has 1 heterocycles. The molecule has 0 aliphatic heterocycles. The standard InChI is InChI=1S/C21H22ClN5O3/c1-13(2)30-19-9-4-15(22)10-18(19)21(29)26-17-7-5-16(6-8-17)25-20(28)14(3)27-12-23-11-24-27/h4-14H,1-3H3,(H,25,28)(H,26,29). The molecule has 8 nitrogen and oxygen atoms in total. The molecule has 2 N–H and O–H groups in total. The molecule has 1 atom stereocenters. The summed E-state index contributed by atoms with van der Waals surface area (Å²) in [5.41, 5.74) is 1.50. The molecule has 3 rings (SSSR count). The number of carbonyl (C=O) groups is 2. The molecule has 1 unspecified atom stereocenters. The number of anilines is 2. The van der Waals surface area contributed by atoms with Gasteiger partial charge in [0.05, 0.1) is 11.7 Å². The smallest absolute Gasteiger partial charge is 0.259 e. The maximum absolute atomic E-state index is 12.7. The van der Waals surface area contributed by atoms with E-state index in [9.17, 15) is 9.59 Å². The summed E-state index contributed by atoms with van der Waals surface area (Å²) in [7, 11) is 0. The first-order chi connectivity index (χ1) is 14.3. The molecule has 0 aliphatic rings. The molecule has 2 amide bonds. The van der Waals surface area contributed by atoms with E-state index < -0.39 is 6.04 Å². The van der Waals surface area contributed by atoms with Gasteiger partial charge in [0.1, 0.15) is 24.4 Å². The van der Waals surface area contributed by atoms with E-state index in [0.29, 0.717) is 27.7 Å². The Kier molecular flexibility index (Phi) is 6.68. The third-order valence-electron chi connectivity index (χ3n) is 4.17. The Bertz CT molecular complexity index is 1020. The second-order valence-corrected chi connectivity index (χ2v) is 7.32. The first-order valence-electron chi connectivity index (χ1n) is 9.36. The molecule has 0 fully saturated rings. The fourth-order valence-electron chi connectivity index (χ4n) is 2.66. The van der Waals surface area contributed by atoms with E-state index >= 15 is 0 Å². The number of benzene rings is 2. The summed E-state index contributed by atoms with van der Waals surface area (Å²) in [5.74, 6) is -0.116. The van der Waals surface area contributed by atoms with Gasteiger partial charge in [-0.3, -0.25) is 9.59 Å². The number of ether oxygens (including phenoxy) is 1. The molecule has 0 radical (unpaired) electrons. The van der Waals surface area contributed by atoms with Crippen LogP contribution in [-0.4, -0.2) is 32.7 Å². The number of nitrogens with one attached hydrogen (secondary N) is 2. The Morgan fingerprint density at radius 2 is 1.70 bits per heavy atom. The van der Waals surface area contributed by atoms with Gasteiger partial charge in [-0.05, 0) is 63.2 Å². The largest absolute Gasteiger partial charge is 0.490 e. The number of hydrogen-bond acceptors (Lipinski definition) is 5. The molecule has 2 aromatic carbocycles. The molecule has 0 aliphatic carbocycles. The maximum Gasteiger partial charge on any atom is 0.259 e. The van der Waals surface area contributed by atoms with Crippen molar-refractivity contribution in [1.29, 1.82) is 0 Å². The van der Waals surface area contributed by atoms with Crippen molar-refractivity contribution in [2.45, 2.75) is 32.9 Å². The lowest BCUT2D eigenvalue weighted by atomic mass is 10.1.